The number of carbonyl (C=O) groups excluding carboxylic acids is 5. The smallest absolute Gasteiger partial charge is 0.407 e. The van der Waals surface area contributed by atoms with Crippen LogP contribution < -0.4 is 14.8 Å². The summed E-state index contributed by atoms with van der Waals surface area (Å²) in [5.74, 6) is -1.64. The van der Waals surface area contributed by atoms with Crippen LogP contribution in [0.3, 0.4) is 0 Å². The summed E-state index contributed by atoms with van der Waals surface area (Å²) in [7, 11) is 6.52. The molecule has 1 spiro atoms. The molecule has 262 valence electrons. The van der Waals surface area contributed by atoms with Crippen molar-refractivity contribution in [1.82, 2.24) is 25.0 Å². The van der Waals surface area contributed by atoms with Gasteiger partial charge in [-0.3, -0.25) is 24.2 Å². The molecule has 1 saturated heterocycles. The number of ether oxygens (including phenoxy) is 3. The van der Waals surface area contributed by atoms with E-state index in [9.17, 15) is 24.0 Å². The summed E-state index contributed by atoms with van der Waals surface area (Å²) in [6.07, 6.45) is 1.61. The fraction of sp³-hybridized carbons (Fsp3) is 0.378. The largest absolute Gasteiger partial charge is 0.485 e. The van der Waals surface area contributed by atoms with Gasteiger partial charge in [0.1, 0.15) is 12.2 Å². The van der Waals surface area contributed by atoms with Crippen LogP contribution >= 0.6 is 0 Å². The lowest BCUT2D eigenvalue weighted by Gasteiger charge is -2.41. The average Bonchev–Trinajstić information content (AvgIpc) is 3.56. The van der Waals surface area contributed by atoms with Gasteiger partial charge in [-0.2, -0.15) is 0 Å². The number of hydrogen-bond donors (Lipinski definition) is 2. The number of Topliss-reactive ketones (excluding diaryl/α,β-unsaturated/α-hetero) is 2. The van der Waals surface area contributed by atoms with E-state index in [2.05, 4.69) is 10.3 Å². The normalized spacial score (nSPS) is 18.4. The summed E-state index contributed by atoms with van der Waals surface area (Å²) >= 11 is 0. The summed E-state index contributed by atoms with van der Waals surface area (Å²) in [6.45, 7) is 6.15. The first kappa shape index (κ1) is 34.4. The Bertz CT molecular complexity index is 1940. The van der Waals surface area contributed by atoms with Crippen LogP contribution in [-0.4, -0.2) is 102 Å². The minimum absolute atomic E-state index is 0.0214. The SMILES string of the molecule is CN(C)CCc1ccc(OCc2ccccc2)c2c1C1=C(C(=O)c3[nH]cc(CCNC(=O)OC(C)(C)C)c3C1=O)C1(O2)C(=O)N(C)C(=O)N1C. The topological polar surface area (TPSA) is 151 Å². The van der Waals surface area contributed by atoms with E-state index in [-0.39, 0.29) is 53.5 Å². The first-order valence-electron chi connectivity index (χ1n) is 16.4. The molecule has 1 aromatic heterocycles. The molecule has 2 aromatic carbocycles. The van der Waals surface area contributed by atoms with E-state index in [0.717, 1.165) is 15.4 Å². The summed E-state index contributed by atoms with van der Waals surface area (Å²) in [6, 6.07) is 12.3. The second-order valence-electron chi connectivity index (χ2n) is 13.9. The quantitative estimate of drug-likeness (QED) is 0.316. The maximum Gasteiger partial charge on any atom is 0.407 e. The predicted molar refractivity (Wildman–Crippen MR) is 183 cm³/mol. The van der Waals surface area contributed by atoms with Crippen molar-refractivity contribution in [3.63, 3.8) is 0 Å². The van der Waals surface area contributed by atoms with Crippen molar-refractivity contribution in [2.75, 3.05) is 41.3 Å². The molecule has 1 atom stereocenters. The highest BCUT2D eigenvalue weighted by Crippen LogP contribution is 2.54. The van der Waals surface area contributed by atoms with Crippen molar-refractivity contribution in [3.05, 3.63) is 87.7 Å². The Morgan fingerprint density at radius 1 is 0.960 bits per heavy atom. The number of H-pyrrole nitrogens is 1. The molecule has 3 aliphatic rings. The molecule has 13 heteroatoms. The second-order valence-corrected chi connectivity index (χ2v) is 13.9. The lowest BCUT2D eigenvalue weighted by Crippen LogP contribution is -2.59. The molecule has 2 N–H and O–H groups in total. The van der Waals surface area contributed by atoms with E-state index in [1.165, 1.54) is 14.1 Å². The molecule has 1 aliphatic carbocycles. The number of aromatic nitrogens is 1. The van der Waals surface area contributed by atoms with Crippen molar-refractivity contribution < 1.29 is 38.2 Å². The van der Waals surface area contributed by atoms with Crippen LogP contribution in [0, 0.1) is 0 Å². The van der Waals surface area contributed by atoms with Gasteiger partial charge in [0.2, 0.25) is 5.78 Å². The Balaban J connectivity index is 1.51. The number of benzene rings is 2. The number of alkyl carbamates (subject to hydrolysis) is 1. The van der Waals surface area contributed by atoms with Gasteiger partial charge in [-0.05, 0) is 70.5 Å². The Hall–Kier alpha value is -5.43. The van der Waals surface area contributed by atoms with Gasteiger partial charge in [0, 0.05) is 44.5 Å². The molecule has 3 heterocycles. The highest BCUT2D eigenvalue weighted by Gasteiger charge is 2.66. The summed E-state index contributed by atoms with van der Waals surface area (Å²) in [5.41, 5.74) is -0.714. The molecule has 4 amide bonds. The van der Waals surface area contributed by atoms with Gasteiger partial charge >= 0.3 is 18.0 Å². The molecule has 0 bridgehead atoms. The molecular formula is C37H41N5O8. The lowest BCUT2D eigenvalue weighted by molar-refractivity contribution is -0.142. The lowest BCUT2D eigenvalue weighted by atomic mass is 9.75. The fourth-order valence-electron chi connectivity index (χ4n) is 6.54. The highest BCUT2D eigenvalue weighted by atomic mass is 16.6. The van der Waals surface area contributed by atoms with Crippen LogP contribution in [0.5, 0.6) is 11.5 Å². The van der Waals surface area contributed by atoms with E-state index in [0.29, 0.717) is 29.7 Å². The van der Waals surface area contributed by atoms with Crippen molar-refractivity contribution in [3.8, 4) is 11.5 Å². The maximum absolute atomic E-state index is 14.9. The van der Waals surface area contributed by atoms with Crippen LogP contribution in [0.15, 0.2) is 54.2 Å². The Morgan fingerprint density at radius 3 is 2.32 bits per heavy atom. The Kier molecular flexibility index (Phi) is 8.81. The van der Waals surface area contributed by atoms with Gasteiger partial charge in [-0.1, -0.05) is 36.4 Å². The molecule has 13 nitrogen and oxygen atoms in total. The monoisotopic (exact) mass is 683 g/mol. The van der Waals surface area contributed by atoms with E-state index >= 15 is 0 Å². The van der Waals surface area contributed by atoms with Gasteiger partial charge in [-0.25, -0.2) is 9.59 Å². The zero-order valence-corrected chi connectivity index (χ0v) is 29.3. The maximum atomic E-state index is 14.9. The zero-order chi connectivity index (χ0) is 36.1. The number of likely N-dealkylation sites (N-methyl/N-ethyl adjacent to an activating group) is 3. The molecule has 1 fully saturated rings. The molecule has 50 heavy (non-hydrogen) atoms. The number of nitrogens with one attached hydrogen (secondary N) is 2. The molecule has 6 rings (SSSR count). The van der Waals surface area contributed by atoms with Gasteiger partial charge < -0.3 is 29.4 Å². The number of hydrogen-bond acceptors (Lipinski definition) is 9. The summed E-state index contributed by atoms with van der Waals surface area (Å²) < 4.78 is 18.2. The first-order valence-corrected chi connectivity index (χ1v) is 16.4. The number of urea groups is 1. The number of ketones is 2. The third-order valence-corrected chi connectivity index (χ3v) is 8.94. The molecule has 0 radical (unpaired) electrons. The van der Waals surface area contributed by atoms with Crippen molar-refractivity contribution in [1.29, 1.82) is 0 Å². The van der Waals surface area contributed by atoms with E-state index < -0.39 is 40.9 Å². The van der Waals surface area contributed by atoms with Crippen LogP contribution in [0.1, 0.15) is 63.9 Å². The number of carbonyl (C=O) groups is 5. The van der Waals surface area contributed by atoms with E-state index in [4.69, 9.17) is 14.2 Å². The molecular weight excluding hydrogens is 642 g/mol. The first-order chi connectivity index (χ1) is 23.7. The fourth-order valence-corrected chi connectivity index (χ4v) is 6.54. The van der Waals surface area contributed by atoms with Crippen molar-refractivity contribution in [2.45, 2.75) is 51.5 Å². The highest BCUT2D eigenvalue weighted by molar-refractivity contribution is 6.43. The number of nitrogens with zero attached hydrogens (tertiary/aromatic N) is 3. The van der Waals surface area contributed by atoms with Gasteiger partial charge in [0.15, 0.2) is 17.3 Å². The van der Waals surface area contributed by atoms with Gasteiger partial charge in [0.25, 0.3) is 5.72 Å². The number of amides is 4. The summed E-state index contributed by atoms with van der Waals surface area (Å²) in [4.78, 5) is 76.3. The number of aromatic amines is 1. The van der Waals surface area contributed by atoms with E-state index in [1.807, 2.05) is 55.4 Å². The third kappa shape index (κ3) is 5.81. The van der Waals surface area contributed by atoms with Crippen LogP contribution in [0.25, 0.3) is 5.57 Å². The summed E-state index contributed by atoms with van der Waals surface area (Å²) in [5, 5.41) is 2.70. The van der Waals surface area contributed by atoms with Gasteiger partial charge in [0.05, 0.1) is 16.8 Å². The van der Waals surface area contributed by atoms with E-state index in [1.54, 1.807) is 33.0 Å². The number of fused-ring (bicyclic) bond motifs is 4. The standard InChI is InChI=1S/C37H41N5O8/c1-36(2,3)50-34(46)38-17-15-23-19-39-29-26(23)30(43)27-25-22(16-18-40(4)5)13-14-24(48-20-21-11-9-8-10-12-21)32(25)49-37(28(27)31(29)44)33(45)41(6)35(47)42(37)7/h8-14,19,39H,15-18,20H2,1-7H3,(H,38,46). The zero-order valence-electron chi connectivity index (χ0n) is 29.3. The van der Waals surface area contributed by atoms with Crippen molar-refractivity contribution >= 4 is 35.2 Å². The van der Waals surface area contributed by atoms with Crippen molar-refractivity contribution in [2.24, 2.45) is 0 Å². The average molecular weight is 684 g/mol. The van der Waals surface area contributed by atoms with Crippen LogP contribution in [-0.2, 0) is 29.0 Å². The minimum Gasteiger partial charge on any atom is -0.485 e. The van der Waals surface area contributed by atoms with Gasteiger partial charge in [-0.15, -0.1) is 0 Å². The number of rotatable bonds is 9. The van der Waals surface area contributed by atoms with Crippen LogP contribution in [0.4, 0.5) is 9.59 Å². The Labute approximate surface area is 290 Å². The van der Waals surface area contributed by atoms with Crippen LogP contribution in [0.2, 0.25) is 0 Å². The minimum atomic E-state index is -2.27. The number of allylic oxidation sites excluding steroid dienone is 1. The predicted octanol–water partition coefficient (Wildman–Crippen LogP) is 4.21. The Morgan fingerprint density at radius 2 is 1.68 bits per heavy atom. The molecule has 3 aromatic rings. The molecule has 0 saturated carbocycles. The third-order valence-electron chi connectivity index (χ3n) is 8.94. The second kappa shape index (κ2) is 12.8. The number of imide groups is 1. The molecule has 1 unspecified atom stereocenters. The molecule has 2 aliphatic heterocycles.